The van der Waals surface area contributed by atoms with Crippen molar-refractivity contribution in [3.63, 3.8) is 0 Å². The highest BCUT2D eigenvalue weighted by atomic mass is 32.2. The van der Waals surface area contributed by atoms with Gasteiger partial charge in [0.2, 0.25) is 0 Å². The minimum absolute atomic E-state index is 0.334. The number of para-hydroxylation sites is 1. The van der Waals surface area contributed by atoms with E-state index >= 15 is 0 Å². The highest BCUT2D eigenvalue weighted by Gasteiger charge is 2.23. The first-order valence-electron chi connectivity index (χ1n) is 8.00. The molecule has 2 fully saturated rings. The van der Waals surface area contributed by atoms with Crippen LogP contribution in [0.25, 0.3) is 0 Å². The SMILES string of the molecule is COc1c(OC2CCCSC2)cccc1C1CCNCC1. The van der Waals surface area contributed by atoms with Crippen LogP contribution in [0, 0.1) is 0 Å². The van der Waals surface area contributed by atoms with Gasteiger partial charge in [0.1, 0.15) is 6.10 Å². The Morgan fingerprint density at radius 3 is 2.76 bits per heavy atom. The van der Waals surface area contributed by atoms with Gasteiger partial charge in [0.15, 0.2) is 11.5 Å². The molecule has 0 spiro atoms. The lowest BCUT2D eigenvalue weighted by Crippen LogP contribution is -2.27. The Labute approximate surface area is 131 Å². The molecule has 1 atom stereocenters. The zero-order chi connectivity index (χ0) is 14.5. The van der Waals surface area contributed by atoms with Crippen LogP contribution in [0.3, 0.4) is 0 Å². The largest absolute Gasteiger partial charge is 0.493 e. The van der Waals surface area contributed by atoms with Crippen molar-refractivity contribution in [1.82, 2.24) is 5.32 Å². The van der Waals surface area contributed by atoms with Crippen LogP contribution in [0.4, 0.5) is 0 Å². The second kappa shape index (κ2) is 7.41. The zero-order valence-corrected chi connectivity index (χ0v) is 13.6. The monoisotopic (exact) mass is 307 g/mol. The zero-order valence-electron chi connectivity index (χ0n) is 12.8. The van der Waals surface area contributed by atoms with E-state index in [9.17, 15) is 0 Å². The highest BCUT2D eigenvalue weighted by Crippen LogP contribution is 2.40. The molecule has 1 N–H and O–H groups in total. The minimum Gasteiger partial charge on any atom is -0.493 e. The van der Waals surface area contributed by atoms with Gasteiger partial charge in [0, 0.05) is 11.3 Å². The fourth-order valence-electron chi connectivity index (χ4n) is 3.28. The lowest BCUT2D eigenvalue weighted by Gasteiger charge is -2.27. The Morgan fingerprint density at radius 2 is 2.05 bits per heavy atom. The molecule has 4 heteroatoms. The summed E-state index contributed by atoms with van der Waals surface area (Å²) in [5.74, 6) is 4.85. The van der Waals surface area contributed by atoms with Gasteiger partial charge in [0.05, 0.1) is 7.11 Å². The third kappa shape index (κ3) is 3.67. The summed E-state index contributed by atoms with van der Waals surface area (Å²) in [6.45, 7) is 2.19. The first-order chi connectivity index (χ1) is 10.4. The van der Waals surface area contributed by atoms with Crippen LogP contribution in [0.5, 0.6) is 11.5 Å². The van der Waals surface area contributed by atoms with Crippen LogP contribution < -0.4 is 14.8 Å². The molecule has 0 bridgehead atoms. The number of nitrogens with one attached hydrogen (secondary N) is 1. The van der Waals surface area contributed by atoms with Crippen molar-refractivity contribution in [1.29, 1.82) is 0 Å². The third-order valence-corrected chi connectivity index (χ3v) is 5.59. The van der Waals surface area contributed by atoms with E-state index in [1.54, 1.807) is 7.11 Å². The summed E-state index contributed by atoms with van der Waals surface area (Å²) in [7, 11) is 1.77. The van der Waals surface area contributed by atoms with Crippen LogP contribution in [0.15, 0.2) is 18.2 Å². The number of rotatable bonds is 4. The van der Waals surface area contributed by atoms with Gasteiger partial charge in [-0.05, 0) is 56.5 Å². The van der Waals surface area contributed by atoms with Crippen LogP contribution in [-0.4, -0.2) is 37.8 Å². The number of thioether (sulfide) groups is 1. The van der Waals surface area contributed by atoms with Gasteiger partial charge in [0.25, 0.3) is 0 Å². The second-order valence-electron chi connectivity index (χ2n) is 5.86. The maximum absolute atomic E-state index is 6.25. The standard InChI is InChI=1S/C17H25NO2S/c1-19-17-15(13-7-9-18-10-8-13)5-2-6-16(17)20-14-4-3-11-21-12-14/h2,5-6,13-14,18H,3-4,7-12H2,1H3. The normalized spacial score (nSPS) is 23.8. The van der Waals surface area contributed by atoms with Crippen LogP contribution in [0.2, 0.25) is 0 Å². The van der Waals surface area contributed by atoms with E-state index in [1.165, 1.54) is 30.6 Å². The number of piperidine rings is 1. The molecular formula is C17H25NO2S. The van der Waals surface area contributed by atoms with Crippen molar-refractivity contribution in [2.45, 2.75) is 37.7 Å². The third-order valence-electron chi connectivity index (χ3n) is 4.40. The van der Waals surface area contributed by atoms with Gasteiger partial charge in [-0.1, -0.05) is 12.1 Å². The molecule has 21 heavy (non-hydrogen) atoms. The molecule has 2 aliphatic rings. The van der Waals surface area contributed by atoms with Crippen molar-refractivity contribution in [3.05, 3.63) is 23.8 Å². The van der Waals surface area contributed by atoms with E-state index in [4.69, 9.17) is 9.47 Å². The summed E-state index contributed by atoms with van der Waals surface area (Å²) < 4.78 is 12.0. The Hall–Kier alpha value is -0.870. The molecule has 116 valence electrons. The van der Waals surface area contributed by atoms with E-state index in [-0.39, 0.29) is 0 Å². The molecule has 1 aromatic rings. The molecule has 2 heterocycles. The highest BCUT2D eigenvalue weighted by molar-refractivity contribution is 7.99. The molecule has 2 saturated heterocycles. The maximum atomic E-state index is 6.25. The average Bonchev–Trinajstić information content (AvgIpc) is 2.56. The molecule has 1 aromatic carbocycles. The van der Waals surface area contributed by atoms with Crippen LogP contribution in [0.1, 0.15) is 37.2 Å². The Kier molecular flexibility index (Phi) is 5.31. The summed E-state index contributed by atoms with van der Waals surface area (Å²) in [6, 6.07) is 6.38. The number of hydrogen-bond donors (Lipinski definition) is 1. The Balaban J connectivity index is 1.79. The van der Waals surface area contributed by atoms with E-state index in [0.717, 1.165) is 36.8 Å². The van der Waals surface area contributed by atoms with E-state index in [0.29, 0.717) is 12.0 Å². The molecule has 3 nitrogen and oxygen atoms in total. The molecular weight excluding hydrogens is 282 g/mol. The molecule has 0 aromatic heterocycles. The predicted octanol–water partition coefficient (Wildman–Crippen LogP) is 3.44. The number of hydrogen-bond acceptors (Lipinski definition) is 4. The second-order valence-corrected chi connectivity index (χ2v) is 7.01. The summed E-state index contributed by atoms with van der Waals surface area (Å²) in [5.41, 5.74) is 1.32. The Bertz CT molecular complexity index is 454. The first kappa shape index (κ1) is 15.0. The molecule has 1 unspecified atom stereocenters. The maximum Gasteiger partial charge on any atom is 0.164 e. The molecule has 0 saturated carbocycles. The summed E-state index contributed by atoms with van der Waals surface area (Å²) in [5, 5.41) is 3.43. The first-order valence-corrected chi connectivity index (χ1v) is 9.16. The molecule has 0 amide bonds. The average molecular weight is 307 g/mol. The number of methoxy groups -OCH3 is 1. The number of ether oxygens (including phenoxy) is 2. The number of benzene rings is 1. The summed E-state index contributed by atoms with van der Waals surface area (Å²) >= 11 is 1.99. The lowest BCUT2D eigenvalue weighted by atomic mass is 9.89. The molecule has 0 aliphatic carbocycles. The van der Waals surface area contributed by atoms with Gasteiger partial charge in [-0.15, -0.1) is 0 Å². The van der Waals surface area contributed by atoms with Crippen LogP contribution in [-0.2, 0) is 0 Å². The van der Waals surface area contributed by atoms with E-state index in [1.807, 2.05) is 11.8 Å². The Morgan fingerprint density at radius 1 is 1.19 bits per heavy atom. The summed E-state index contributed by atoms with van der Waals surface area (Å²) in [4.78, 5) is 0. The van der Waals surface area contributed by atoms with Crippen molar-refractivity contribution in [2.24, 2.45) is 0 Å². The molecule has 2 aliphatic heterocycles. The van der Waals surface area contributed by atoms with Gasteiger partial charge in [-0.3, -0.25) is 0 Å². The van der Waals surface area contributed by atoms with Gasteiger partial charge < -0.3 is 14.8 Å². The van der Waals surface area contributed by atoms with Gasteiger partial charge in [-0.25, -0.2) is 0 Å². The van der Waals surface area contributed by atoms with Crippen molar-refractivity contribution >= 4 is 11.8 Å². The van der Waals surface area contributed by atoms with Crippen molar-refractivity contribution in [3.8, 4) is 11.5 Å². The van der Waals surface area contributed by atoms with Gasteiger partial charge >= 0.3 is 0 Å². The van der Waals surface area contributed by atoms with Crippen LogP contribution >= 0.6 is 11.8 Å². The smallest absolute Gasteiger partial charge is 0.164 e. The van der Waals surface area contributed by atoms with Gasteiger partial charge in [-0.2, -0.15) is 11.8 Å². The van der Waals surface area contributed by atoms with Crippen molar-refractivity contribution < 1.29 is 9.47 Å². The quantitative estimate of drug-likeness (QED) is 0.923. The lowest BCUT2D eigenvalue weighted by molar-refractivity contribution is 0.201. The van der Waals surface area contributed by atoms with E-state index in [2.05, 4.69) is 23.5 Å². The fraction of sp³-hybridized carbons (Fsp3) is 0.647. The topological polar surface area (TPSA) is 30.5 Å². The minimum atomic E-state index is 0.334. The van der Waals surface area contributed by atoms with E-state index < -0.39 is 0 Å². The predicted molar refractivity (Wildman–Crippen MR) is 88.8 cm³/mol. The molecule has 0 radical (unpaired) electrons. The summed E-state index contributed by atoms with van der Waals surface area (Å²) in [6.07, 6.45) is 5.11. The fourth-order valence-corrected chi connectivity index (χ4v) is 4.32. The van der Waals surface area contributed by atoms with Crippen molar-refractivity contribution in [2.75, 3.05) is 31.7 Å². The molecule has 3 rings (SSSR count).